The van der Waals surface area contributed by atoms with Gasteiger partial charge in [0.25, 0.3) is 0 Å². The Morgan fingerprint density at radius 1 is 1.67 bits per heavy atom. The monoisotopic (exact) mass is 140 g/mol. The molecule has 0 saturated heterocycles. The van der Waals surface area contributed by atoms with E-state index in [0.29, 0.717) is 6.61 Å². The molecule has 0 aromatic carbocycles. The number of alkyl halides is 2. The molecular formula is C2H3AlCl2O. The molecule has 2 radical (unpaired) electrons. The molecule has 0 fully saturated rings. The van der Waals surface area contributed by atoms with Crippen molar-refractivity contribution < 1.29 is 3.79 Å². The van der Waals surface area contributed by atoms with E-state index >= 15 is 0 Å². The van der Waals surface area contributed by atoms with Crippen LogP contribution in [0.2, 0.25) is 0 Å². The van der Waals surface area contributed by atoms with Crippen molar-refractivity contribution in [1.82, 2.24) is 0 Å². The van der Waals surface area contributed by atoms with E-state index in [2.05, 4.69) is 20.4 Å². The van der Waals surface area contributed by atoms with Gasteiger partial charge in [-0.15, -0.1) is 23.2 Å². The van der Waals surface area contributed by atoms with Crippen LogP contribution in [-0.4, -0.2) is 28.1 Å². The van der Waals surface area contributed by atoms with Gasteiger partial charge in [-0.25, -0.2) is 0 Å². The summed E-state index contributed by atoms with van der Waals surface area (Å²) in [6.45, 7) is 0.369. The molecule has 0 aliphatic carbocycles. The van der Waals surface area contributed by atoms with Gasteiger partial charge in [-0.05, 0) is 0 Å². The number of halogens is 2. The van der Waals surface area contributed by atoms with Gasteiger partial charge in [-0.3, -0.25) is 0 Å². The molecule has 0 saturated carbocycles. The van der Waals surface area contributed by atoms with Crippen LogP contribution < -0.4 is 0 Å². The molecule has 0 atom stereocenters. The van der Waals surface area contributed by atoms with E-state index in [1.54, 1.807) is 0 Å². The molecule has 0 heterocycles. The van der Waals surface area contributed by atoms with Crippen molar-refractivity contribution in [2.45, 2.75) is 4.84 Å². The lowest BCUT2D eigenvalue weighted by molar-refractivity contribution is 0.369. The average molecular weight is 141 g/mol. The highest BCUT2D eigenvalue weighted by Crippen LogP contribution is 1.98. The van der Waals surface area contributed by atoms with Gasteiger partial charge in [0.05, 0.1) is 0 Å². The highest BCUT2D eigenvalue weighted by atomic mass is 35.5. The Morgan fingerprint density at radius 2 is 2.17 bits per heavy atom. The van der Waals surface area contributed by atoms with Crippen molar-refractivity contribution in [2.24, 2.45) is 0 Å². The lowest BCUT2D eigenvalue weighted by Crippen LogP contribution is -1.97. The molecule has 4 heteroatoms. The van der Waals surface area contributed by atoms with E-state index in [-0.39, 0.29) is 0 Å². The maximum Gasteiger partial charge on any atom is 0.369 e. The van der Waals surface area contributed by atoms with E-state index in [1.165, 1.54) is 0 Å². The molecule has 0 N–H and O–H groups in total. The molecule has 0 aliphatic heterocycles. The minimum atomic E-state index is -0.400. The highest BCUT2D eigenvalue weighted by molar-refractivity contribution is 6.44. The third kappa shape index (κ3) is 5.07. The lowest BCUT2D eigenvalue weighted by Gasteiger charge is -1.95. The Balaban J connectivity index is 2.63. The summed E-state index contributed by atoms with van der Waals surface area (Å²) in [4.78, 5) is -0.400. The predicted molar refractivity (Wildman–Crippen MR) is 27.2 cm³/mol. The molecule has 0 rings (SSSR count). The summed E-state index contributed by atoms with van der Waals surface area (Å²) >= 11 is 12.5. The smallest absolute Gasteiger partial charge is 0.369 e. The fourth-order valence-corrected chi connectivity index (χ4v) is 0.655. The van der Waals surface area contributed by atoms with Crippen LogP contribution in [0.3, 0.4) is 0 Å². The number of hydrogen-bond acceptors (Lipinski definition) is 1. The highest BCUT2D eigenvalue weighted by Gasteiger charge is 1.90. The second kappa shape index (κ2) is 4.24. The minimum Gasteiger partial charge on any atom is -0.514 e. The minimum absolute atomic E-state index is 0.369. The Hall–Kier alpha value is 1.07. The van der Waals surface area contributed by atoms with Gasteiger partial charge in [-0.2, -0.15) is 0 Å². The van der Waals surface area contributed by atoms with Gasteiger partial charge < -0.3 is 3.79 Å². The summed E-state index contributed by atoms with van der Waals surface area (Å²) < 4.78 is 4.46. The van der Waals surface area contributed by atoms with Gasteiger partial charge >= 0.3 is 16.6 Å². The van der Waals surface area contributed by atoms with Crippen LogP contribution in [0.5, 0.6) is 0 Å². The Kier molecular flexibility index (Phi) is 4.99. The first-order valence-electron chi connectivity index (χ1n) is 1.37. The molecule has 1 nitrogen and oxygen atoms in total. The fourth-order valence-electron chi connectivity index (χ4n) is 0.0727. The molecule has 0 aromatic heterocycles. The second-order valence-electron chi connectivity index (χ2n) is 0.724. The van der Waals surface area contributed by atoms with Gasteiger partial charge in [0.1, 0.15) is 4.84 Å². The van der Waals surface area contributed by atoms with E-state index in [1.807, 2.05) is 0 Å². The van der Waals surface area contributed by atoms with Crippen LogP contribution in [0.1, 0.15) is 0 Å². The largest absolute Gasteiger partial charge is 0.514 e. The topological polar surface area (TPSA) is 9.23 Å². The van der Waals surface area contributed by atoms with Gasteiger partial charge in [-0.1, -0.05) is 0 Å². The van der Waals surface area contributed by atoms with Crippen LogP contribution in [0.25, 0.3) is 0 Å². The summed E-state index contributed by atoms with van der Waals surface area (Å²) in [7, 11) is 0. The molecule has 0 aromatic rings. The van der Waals surface area contributed by atoms with Crippen molar-refractivity contribution in [3.05, 3.63) is 0 Å². The van der Waals surface area contributed by atoms with Gasteiger partial charge in [0.15, 0.2) is 0 Å². The maximum absolute atomic E-state index is 5.20. The van der Waals surface area contributed by atoms with Crippen molar-refractivity contribution in [1.29, 1.82) is 0 Å². The van der Waals surface area contributed by atoms with Crippen LogP contribution >= 0.6 is 23.2 Å². The first-order chi connectivity index (χ1) is 2.77. The first kappa shape index (κ1) is 7.07. The number of rotatable bonds is 2. The molecule has 0 amide bonds. The zero-order valence-electron chi connectivity index (χ0n) is 3.03. The zero-order valence-corrected chi connectivity index (χ0v) is 5.69. The quantitative estimate of drug-likeness (QED) is 0.409. The molecule has 0 aliphatic rings. The van der Waals surface area contributed by atoms with E-state index in [0.717, 1.165) is 0 Å². The van der Waals surface area contributed by atoms with Gasteiger partial charge in [0.2, 0.25) is 0 Å². The first-order valence-corrected chi connectivity index (χ1v) is 2.71. The Morgan fingerprint density at radius 3 is 2.17 bits per heavy atom. The molecule has 6 heavy (non-hydrogen) atoms. The predicted octanol–water partition coefficient (Wildman–Crippen LogP) is 0.890. The summed E-state index contributed by atoms with van der Waals surface area (Å²) in [6, 6.07) is 0. The van der Waals surface area contributed by atoms with E-state index in [9.17, 15) is 0 Å². The molecular weight excluding hydrogens is 138 g/mol. The van der Waals surface area contributed by atoms with Crippen molar-refractivity contribution in [3.8, 4) is 0 Å². The van der Waals surface area contributed by atoms with Crippen molar-refractivity contribution in [2.75, 3.05) is 6.61 Å². The SMILES string of the molecule is [Al][O]CC(Cl)Cl. The normalized spacial score (nSPS) is 9.83. The zero-order chi connectivity index (χ0) is 4.99. The summed E-state index contributed by atoms with van der Waals surface area (Å²) in [5, 5.41) is 0. The summed E-state index contributed by atoms with van der Waals surface area (Å²) in [6.07, 6.45) is 0. The molecule has 0 bridgehead atoms. The Bertz CT molecular complexity index is 32.7. The van der Waals surface area contributed by atoms with Gasteiger partial charge in [0, 0.05) is 6.61 Å². The van der Waals surface area contributed by atoms with Crippen LogP contribution in [0, 0.1) is 0 Å². The summed E-state index contributed by atoms with van der Waals surface area (Å²) in [5.41, 5.74) is 0. The molecule has 0 spiro atoms. The third-order valence-corrected chi connectivity index (χ3v) is 0.667. The maximum atomic E-state index is 5.20. The summed E-state index contributed by atoms with van der Waals surface area (Å²) in [5.74, 6) is 0. The lowest BCUT2D eigenvalue weighted by atomic mass is 10.9. The molecule has 34 valence electrons. The van der Waals surface area contributed by atoms with E-state index in [4.69, 9.17) is 23.2 Å². The van der Waals surface area contributed by atoms with E-state index < -0.39 is 4.84 Å². The van der Waals surface area contributed by atoms with Crippen molar-refractivity contribution >= 4 is 39.8 Å². The third-order valence-electron chi connectivity index (χ3n) is 0.222. The fraction of sp³-hybridized carbons (Fsp3) is 1.00. The molecule has 0 unspecified atom stereocenters. The van der Waals surface area contributed by atoms with Crippen LogP contribution in [0.4, 0.5) is 0 Å². The second-order valence-corrected chi connectivity index (χ2v) is 2.33. The average Bonchev–Trinajstić information content (AvgIpc) is 1.35. The number of hydrogen-bond donors (Lipinski definition) is 0. The van der Waals surface area contributed by atoms with Crippen LogP contribution in [-0.2, 0) is 3.79 Å². The standard InChI is InChI=1S/C2H3Cl2O.Al/c3-2(4)1-5;/h2H,1H2;/q-1;+1. The van der Waals surface area contributed by atoms with Crippen LogP contribution in [0.15, 0.2) is 0 Å². The Labute approximate surface area is 55.3 Å². The van der Waals surface area contributed by atoms with Crippen molar-refractivity contribution in [3.63, 3.8) is 0 Å².